The van der Waals surface area contributed by atoms with Gasteiger partial charge in [-0.25, -0.2) is 0 Å². The quantitative estimate of drug-likeness (QED) is 0.154. The summed E-state index contributed by atoms with van der Waals surface area (Å²) >= 11 is 2.27. The van der Waals surface area contributed by atoms with Gasteiger partial charge in [0.1, 0.15) is 43.0 Å². The van der Waals surface area contributed by atoms with Gasteiger partial charge in [-0.3, -0.25) is 4.79 Å². The summed E-state index contributed by atoms with van der Waals surface area (Å²) < 4.78 is 14.3. The lowest BCUT2D eigenvalue weighted by molar-refractivity contribution is -0.646. The number of ether oxygens (including phenoxy) is 2. The molecule has 3 aliphatic rings. The highest BCUT2D eigenvalue weighted by atomic mass is 127. The maximum Gasteiger partial charge on any atom is 0.229 e. The number of ketones is 1. The molecule has 0 bridgehead atoms. The Morgan fingerprint density at radius 1 is 1.02 bits per heavy atom. The Morgan fingerprint density at radius 2 is 1.81 bits per heavy atom. The van der Waals surface area contributed by atoms with Crippen molar-refractivity contribution < 1.29 is 44.4 Å². The SMILES string of the molecule is CN1/C(=C/C2=C(O)C(=C/c3ccc4cc(I)ccc4[n+]3C)/C2=O)C=Cc2cc(O[C@@H]3O[C@H](CO)[C@@H](O)[C@H](O)[C@H]3O)ccc21. The van der Waals surface area contributed by atoms with E-state index in [1.165, 1.54) is 0 Å². The Bertz CT molecular complexity index is 1760. The van der Waals surface area contributed by atoms with E-state index in [0.29, 0.717) is 11.4 Å². The summed E-state index contributed by atoms with van der Waals surface area (Å²) in [6.45, 7) is -0.551. The van der Waals surface area contributed by atoms with Gasteiger partial charge < -0.3 is 39.9 Å². The summed E-state index contributed by atoms with van der Waals surface area (Å²) in [5, 5.41) is 51.7. The van der Waals surface area contributed by atoms with E-state index >= 15 is 0 Å². The van der Waals surface area contributed by atoms with E-state index in [2.05, 4.69) is 28.7 Å². The number of aryl methyl sites for hydroxylation is 1. The van der Waals surface area contributed by atoms with Crippen LogP contribution < -0.4 is 14.2 Å². The first-order valence-corrected chi connectivity index (χ1v) is 14.7. The van der Waals surface area contributed by atoms with Crippen molar-refractivity contribution in [1.82, 2.24) is 0 Å². The fourth-order valence-corrected chi connectivity index (χ4v) is 5.97. The highest BCUT2D eigenvalue weighted by Gasteiger charge is 2.44. The summed E-state index contributed by atoms with van der Waals surface area (Å²) in [6.07, 6.45) is 0.0793. The van der Waals surface area contributed by atoms with E-state index < -0.39 is 37.3 Å². The molecule has 5 N–H and O–H groups in total. The molecule has 2 aliphatic heterocycles. The molecule has 5 atom stereocenters. The van der Waals surface area contributed by atoms with E-state index in [-0.39, 0.29) is 22.7 Å². The van der Waals surface area contributed by atoms with Crippen LogP contribution in [-0.2, 0) is 16.6 Å². The van der Waals surface area contributed by atoms with Crippen LogP contribution in [-0.4, -0.2) is 75.7 Å². The lowest BCUT2D eigenvalue weighted by Gasteiger charge is -2.39. The molecule has 222 valence electrons. The Balaban J connectivity index is 1.21. The molecular weight excluding hydrogens is 667 g/mol. The second kappa shape index (κ2) is 11.5. The summed E-state index contributed by atoms with van der Waals surface area (Å²) in [4.78, 5) is 15.0. The summed E-state index contributed by atoms with van der Waals surface area (Å²) in [5.74, 6) is 0.0362. The number of Topliss-reactive ketones (excluding diaryl/α,β-unsaturated/α-hetero) is 1. The van der Waals surface area contributed by atoms with Crippen LogP contribution in [0.2, 0.25) is 0 Å². The molecule has 0 spiro atoms. The fourth-order valence-electron chi connectivity index (χ4n) is 5.46. The minimum atomic E-state index is -1.54. The molecular formula is C32H30IN2O8+. The third kappa shape index (κ3) is 5.26. The van der Waals surface area contributed by atoms with Crippen LogP contribution in [0.15, 0.2) is 83.3 Å². The molecule has 0 saturated carbocycles. The number of aliphatic hydroxyl groups is 5. The topological polar surface area (TPSA) is 144 Å². The van der Waals surface area contributed by atoms with E-state index in [9.17, 15) is 30.3 Å². The molecule has 11 heteroatoms. The maximum atomic E-state index is 13.1. The van der Waals surface area contributed by atoms with Crippen LogP contribution in [0.25, 0.3) is 23.1 Å². The number of hydrogen-bond acceptors (Lipinski definition) is 9. The lowest BCUT2D eigenvalue weighted by atomic mass is 9.86. The Hall–Kier alpha value is -3.59. The maximum absolute atomic E-state index is 13.1. The number of pyridine rings is 1. The van der Waals surface area contributed by atoms with Crippen molar-refractivity contribution in [2.45, 2.75) is 30.7 Å². The van der Waals surface area contributed by atoms with Crippen LogP contribution in [0.3, 0.4) is 0 Å². The minimum Gasteiger partial charge on any atom is -0.506 e. The average molecular weight is 698 g/mol. The van der Waals surface area contributed by atoms with Crippen molar-refractivity contribution in [3.05, 3.63) is 98.1 Å². The normalized spacial score (nSPS) is 27.2. The van der Waals surface area contributed by atoms with Gasteiger partial charge in [0.25, 0.3) is 0 Å². The predicted molar refractivity (Wildman–Crippen MR) is 167 cm³/mol. The molecule has 1 aliphatic carbocycles. The Labute approximate surface area is 260 Å². The van der Waals surface area contributed by atoms with Gasteiger partial charge in [0.15, 0.2) is 0 Å². The number of likely N-dealkylation sites (N-methyl/N-ethyl adjacent to an activating group) is 1. The first kappa shape index (κ1) is 29.5. The Morgan fingerprint density at radius 3 is 2.56 bits per heavy atom. The molecule has 6 rings (SSSR count). The first-order chi connectivity index (χ1) is 20.6. The van der Waals surface area contributed by atoms with Gasteiger partial charge in [-0.05, 0) is 71.1 Å². The van der Waals surface area contributed by atoms with E-state index in [0.717, 1.165) is 31.4 Å². The van der Waals surface area contributed by atoms with Crippen molar-refractivity contribution >= 4 is 57.1 Å². The van der Waals surface area contributed by atoms with E-state index in [4.69, 9.17) is 9.47 Å². The number of fused-ring (bicyclic) bond motifs is 2. The Kier molecular flexibility index (Phi) is 7.87. The second-order valence-electron chi connectivity index (χ2n) is 10.7. The van der Waals surface area contributed by atoms with Crippen LogP contribution in [0.4, 0.5) is 5.69 Å². The standard InChI is InChI=1S/C32H29IN2O8/c1-34-19(6-3-16-11-18(33)5-9-24(16)34)13-22-27(37)23(28(22)38)14-20-7-4-17-12-21(8-10-25(17)35(20)2)42-32-31(41)30(40)29(39)26(15-36)43-32/h3-14,26,29-32,36,39-41H,15H2,1-2H3/p+1/t26-,29-,30+,31-,32-/m1/s1. The minimum absolute atomic E-state index is 0.0592. The van der Waals surface area contributed by atoms with Crippen LogP contribution in [0.5, 0.6) is 5.75 Å². The highest BCUT2D eigenvalue weighted by Crippen LogP contribution is 2.37. The predicted octanol–water partition coefficient (Wildman–Crippen LogP) is 2.27. The molecule has 1 saturated heterocycles. The number of halogens is 1. The molecule has 1 aromatic heterocycles. The third-order valence-electron chi connectivity index (χ3n) is 8.04. The fraction of sp³-hybridized carbons (Fsp3) is 0.250. The van der Waals surface area contributed by atoms with E-state index in [1.54, 1.807) is 36.4 Å². The summed E-state index contributed by atoms with van der Waals surface area (Å²) in [7, 11) is 3.76. The summed E-state index contributed by atoms with van der Waals surface area (Å²) in [6, 6.07) is 15.2. The zero-order chi connectivity index (χ0) is 30.6. The molecule has 2 aromatic carbocycles. The lowest BCUT2D eigenvalue weighted by Crippen LogP contribution is -2.60. The van der Waals surface area contributed by atoms with Gasteiger partial charge in [-0.2, -0.15) is 4.57 Å². The molecule has 0 amide bonds. The molecule has 0 unspecified atom stereocenters. The van der Waals surface area contributed by atoms with Gasteiger partial charge in [0, 0.05) is 51.2 Å². The molecule has 3 heterocycles. The molecule has 10 nitrogen and oxygen atoms in total. The van der Waals surface area contributed by atoms with Crippen molar-refractivity contribution in [1.29, 1.82) is 0 Å². The van der Waals surface area contributed by atoms with Crippen molar-refractivity contribution in [3.63, 3.8) is 0 Å². The monoisotopic (exact) mass is 697 g/mol. The molecule has 43 heavy (non-hydrogen) atoms. The van der Waals surface area contributed by atoms with Crippen molar-refractivity contribution in [2.24, 2.45) is 7.05 Å². The van der Waals surface area contributed by atoms with Crippen LogP contribution in [0, 0.1) is 3.57 Å². The van der Waals surface area contributed by atoms with E-state index in [1.807, 2.05) is 53.9 Å². The number of carbonyl (C=O) groups is 1. The first-order valence-electron chi connectivity index (χ1n) is 13.6. The van der Waals surface area contributed by atoms with Gasteiger partial charge in [0.05, 0.1) is 17.8 Å². The number of carbonyl (C=O) groups excluding carboxylic acids is 1. The number of allylic oxidation sites excluding steroid dienone is 4. The number of aromatic nitrogens is 1. The zero-order valence-corrected chi connectivity index (χ0v) is 25.4. The zero-order valence-electron chi connectivity index (χ0n) is 23.3. The smallest absolute Gasteiger partial charge is 0.229 e. The van der Waals surface area contributed by atoms with Crippen molar-refractivity contribution in [2.75, 3.05) is 18.6 Å². The number of nitrogens with zero attached hydrogens (tertiary/aromatic N) is 2. The van der Waals surface area contributed by atoms with Crippen molar-refractivity contribution in [3.8, 4) is 5.75 Å². The number of anilines is 1. The number of rotatable bonds is 5. The van der Waals surface area contributed by atoms with Gasteiger partial charge in [-0.15, -0.1) is 0 Å². The summed E-state index contributed by atoms with van der Waals surface area (Å²) in [5.41, 5.74) is 4.55. The molecule has 1 fully saturated rings. The largest absolute Gasteiger partial charge is 0.506 e. The van der Waals surface area contributed by atoms with Crippen LogP contribution in [0.1, 0.15) is 11.3 Å². The highest BCUT2D eigenvalue weighted by molar-refractivity contribution is 14.1. The third-order valence-corrected chi connectivity index (χ3v) is 8.71. The number of benzene rings is 2. The van der Waals surface area contributed by atoms with Crippen LogP contribution >= 0.6 is 22.6 Å². The van der Waals surface area contributed by atoms with Gasteiger partial charge in [-0.1, -0.05) is 6.08 Å². The number of aliphatic hydroxyl groups excluding tert-OH is 5. The second-order valence-corrected chi connectivity index (χ2v) is 11.9. The number of hydrogen-bond donors (Lipinski definition) is 5. The van der Waals surface area contributed by atoms with Gasteiger partial charge in [0.2, 0.25) is 23.3 Å². The molecule has 3 aromatic rings. The molecule has 0 radical (unpaired) electrons. The average Bonchev–Trinajstić information content (AvgIpc) is 3.00. The van der Waals surface area contributed by atoms with Gasteiger partial charge >= 0.3 is 0 Å².